The zero-order valence-electron chi connectivity index (χ0n) is 19.4. The number of ether oxygens (including phenoxy) is 1. The van der Waals surface area contributed by atoms with E-state index in [1.54, 1.807) is 38.4 Å². The largest absolute Gasteiger partial charge is 0.416 e. The number of amides is 2. The number of rotatable bonds is 8. The lowest BCUT2D eigenvalue weighted by Gasteiger charge is -2.19. The molecule has 0 saturated heterocycles. The fraction of sp³-hybridized carbons (Fsp3) is 0.240. The van der Waals surface area contributed by atoms with E-state index in [2.05, 4.69) is 15.6 Å². The lowest BCUT2D eigenvalue weighted by Crippen LogP contribution is -2.22. The van der Waals surface area contributed by atoms with Crippen LogP contribution >= 0.6 is 0 Å². The van der Waals surface area contributed by atoms with Crippen molar-refractivity contribution in [3.8, 4) is 0 Å². The Bertz CT molecular complexity index is 1210. The molecule has 3 aromatic rings. The molecule has 0 saturated carbocycles. The minimum absolute atomic E-state index is 0.146. The molecular weight excluding hydrogens is 461 g/mol. The van der Waals surface area contributed by atoms with Gasteiger partial charge in [0, 0.05) is 37.5 Å². The van der Waals surface area contributed by atoms with Crippen LogP contribution in [0.5, 0.6) is 0 Å². The molecule has 7 nitrogen and oxygen atoms in total. The van der Waals surface area contributed by atoms with E-state index in [4.69, 9.17) is 4.74 Å². The van der Waals surface area contributed by atoms with E-state index in [1.165, 1.54) is 24.4 Å². The Hall–Kier alpha value is -3.92. The summed E-state index contributed by atoms with van der Waals surface area (Å²) in [5.41, 5.74) is 1.43. The molecule has 0 radical (unpaired) electrons. The van der Waals surface area contributed by atoms with Crippen LogP contribution in [-0.2, 0) is 10.9 Å². The number of methoxy groups -OCH3 is 1. The molecule has 2 aromatic carbocycles. The normalized spacial score (nSPS) is 11.1. The maximum absolute atomic E-state index is 13.0. The van der Waals surface area contributed by atoms with Crippen molar-refractivity contribution < 1.29 is 27.5 Å². The molecule has 1 aromatic heterocycles. The third kappa shape index (κ3) is 6.80. The highest BCUT2D eigenvalue weighted by Gasteiger charge is 2.30. The van der Waals surface area contributed by atoms with Gasteiger partial charge in [0.25, 0.3) is 11.8 Å². The van der Waals surface area contributed by atoms with Gasteiger partial charge in [0.2, 0.25) is 0 Å². The van der Waals surface area contributed by atoms with Gasteiger partial charge < -0.3 is 20.3 Å². The third-order valence-electron chi connectivity index (χ3n) is 5.25. The van der Waals surface area contributed by atoms with E-state index >= 15 is 0 Å². The van der Waals surface area contributed by atoms with E-state index in [0.717, 1.165) is 17.8 Å². The van der Waals surface area contributed by atoms with Crippen molar-refractivity contribution >= 4 is 28.9 Å². The molecule has 0 aliphatic heterocycles. The van der Waals surface area contributed by atoms with Gasteiger partial charge in [-0.25, -0.2) is 0 Å². The number of alkyl halides is 3. The first-order valence-corrected chi connectivity index (χ1v) is 10.6. The fourth-order valence-corrected chi connectivity index (χ4v) is 3.25. The fourth-order valence-electron chi connectivity index (χ4n) is 3.25. The summed E-state index contributed by atoms with van der Waals surface area (Å²) < 4.78 is 44.0. The molecule has 0 bridgehead atoms. The number of pyridine rings is 1. The van der Waals surface area contributed by atoms with Crippen LogP contribution in [-0.4, -0.2) is 44.1 Å². The maximum Gasteiger partial charge on any atom is 0.416 e. The summed E-state index contributed by atoms with van der Waals surface area (Å²) in [4.78, 5) is 31.6. The third-order valence-corrected chi connectivity index (χ3v) is 5.25. The first-order chi connectivity index (χ1) is 16.6. The first-order valence-electron chi connectivity index (χ1n) is 10.6. The molecular formula is C25H25F3N4O3. The summed E-state index contributed by atoms with van der Waals surface area (Å²) in [6.45, 7) is 2.91. The van der Waals surface area contributed by atoms with Gasteiger partial charge in [0.15, 0.2) is 0 Å². The van der Waals surface area contributed by atoms with Crippen molar-refractivity contribution in [1.82, 2.24) is 4.98 Å². The predicted molar refractivity (Wildman–Crippen MR) is 128 cm³/mol. The zero-order chi connectivity index (χ0) is 25.6. The number of benzene rings is 2. The van der Waals surface area contributed by atoms with Crippen LogP contribution < -0.4 is 15.5 Å². The monoisotopic (exact) mass is 486 g/mol. The molecule has 3 rings (SSSR count). The highest BCUT2D eigenvalue weighted by molar-refractivity contribution is 6.08. The standard InChI is InChI=1S/C25H25F3N4O3/c1-16-7-8-19(30-23(33)17-5-4-6-18(11-17)25(26,27)28)13-22(16)24(34)31-20-12-21(15-29-14-20)32(2)9-10-35-3/h4-8,11-15H,9-10H2,1-3H3,(H,30,33)(H,31,34). The molecule has 0 fully saturated rings. The number of likely N-dealkylation sites (N-methyl/N-ethyl adjacent to an activating group) is 1. The van der Waals surface area contributed by atoms with E-state index in [1.807, 2.05) is 11.9 Å². The number of hydrogen-bond donors (Lipinski definition) is 2. The number of anilines is 3. The smallest absolute Gasteiger partial charge is 0.383 e. The van der Waals surface area contributed by atoms with Gasteiger partial charge in [-0.3, -0.25) is 14.6 Å². The SMILES string of the molecule is COCCN(C)c1cncc(NC(=O)c2cc(NC(=O)c3cccc(C(F)(F)F)c3)ccc2C)c1. The van der Waals surface area contributed by atoms with Crippen molar-refractivity contribution in [2.75, 3.05) is 42.8 Å². The van der Waals surface area contributed by atoms with E-state index in [0.29, 0.717) is 30.0 Å². The number of nitrogens with zero attached hydrogens (tertiary/aromatic N) is 2. The quantitative estimate of drug-likeness (QED) is 0.469. The Balaban J connectivity index is 1.75. The Labute approximate surface area is 200 Å². The zero-order valence-corrected chi connectivity index (χ0v) is 19.4. The Morgan fingerprint density at radius 3 is 2.46 bits per heavy atom. The number of aromatic nitrogens is 1. The van der Waals surface area contributed by atoms with Gasteiger partial charge in [-0.1, -0.05) is 12.1 Å². The Morgan fingerprint density at radius 2 is 1.74 bits per heavy atom. The van der Waals surface area contributed by atoms with Crippen LogP contribution in [0.3, 0.4) is 0 Å². The lowest BCUT2D eigenvalue weighted by molar-refractivity contribution is -0.137. The molecule has 2 N–H and O–H groups in total. The van der Waals surface area contributed by atoms with Crippen LogP contribution in [0.1, 0.15) is 31.8 Å². The number of nitrogens with one attached hydrogen (secondary N) is 2. The molecule has 0 aliphatic carbocycles. The van der Waals surface area contributed by atoms with Crippen molar-refractivity contribution in [3.63, 3.8) is 0 Å². The second kappa shape index (κ2) is 11.0. The molecule has 0 aliphatic rings. The maximum atomic E-state index is 13.0. The molecule has 0 atom stereocenters. The summed E-state index contributed by atoms with van der Waals surface area (Å²) in [6.07, 6.45) is -1.38. The topological polar surface area (TPSA) is 83.6 Å². The Morgan fingerprint density at radius 1 is 1.00 bits per heavy atom. The van der Waals surface area contributed by atoms with Crippen molar-refractivity contribution in [1.29, 1.82) is 0 Å². The minimum Gasteiger partial charge on any atom is -0.383 e. The summed E-state index contributed by atoms with van der Waals surface area (Å²) in [5.74, 6) is -1.14. The number of hydrogen-bond acceptors (Lipinski definition) is 5. The van der Waals surface area contributed by atoms with Gasteiger partial charge in [-0.05, 0) is 48.9 Å². The van der Waals surface area contributed by atoms with Crippen molar-refractivity contribution in [2.24, 2.45) is 0 Å². The summed E-state index contributed by atoms with van der Waals surface area (Å²) >= 11 is 0. The second-order valence-corrected chi connectivity index (χ2v) is 7.86. The molecule has 1 heterocycles. The molecule has 0 spiro atoms. The van der Waals surface area contributed by atoms with Gasteiger partial charge in [0.1, 0.15) is 0 Å². The first kappa shape index (κ1) is 25.7. The van der Waals surface area contributed by atoms with Gasteiger partial charge in [-0.2, -0.15) is 13.2 Å². The van der Waals surface area contributed by atoms with Crippen molar-refractivity contribution in [2.45, 2.75) is 13.1 Å². The van der Waals surface area contributed by atoms with Gasteiger partial charge in [-0.15, -0.1) is 0 Å². The number of carbonyl (C=O) groups is 2. The van der Waals surface area contributed by atoms with Gasteiger partial charge >= 0.3 is 6.18 Å². The second-order valence-electron chi connectivity index (χ2n) is 7.86. The van der Waals surface area contributed by atoms with Crippen LogP contribution in [0.2, 0.25) is 0 Å². The van der Waals surface area contributed by atoms with E-state index < -0.39 is 23.6 Å². The molecule has 10 heteroatoms. The molecule has 0 unspecified atom stereocenters. The highest BCUT2D eigenvalue weighted by atomic mass is 19.4. The summed E-state index contributed by atoms with van der Waals surface area (Å²) in [6, 6.07) is 10.6. The molecule has 184 valence electrons. The van der Waals surface area contributed by atoms with Crippen LogP contribution in [0.4, 0.5) is 30.2 Å². The minimum atomic E-state index is -4.56. The van der Waals surface area contributed by atoms with Gasteiger partial charge in [0.05, 0.1) is 35.9 Å². The van der Waals surface area contributed by atoms with Crippen LogP contribution in [0, 0.1) is 6.92 Å². The highest BCUT2D eigenvalue weighted by Crippen LogP contribution is 2.30. The molecule has 35 heavy (non-hydrogen) atoms. The summed E-state index contributed by atoms with van der Waals surface area (Å²) in [5, 5.41) is 5.34. The van der Waals surface area contributed by atoms with Crippen molar-refractivity contribution in [3.05, 3.63) is 83.2 Å². The van der Waals surface area contributed by atoms with E-state index in [9.17, 15) is 22.8 Å². The number of halogens is 3. The van der Waals surface area contributed by atoms with E-state index in [-0.39, 0.29) is 11.3 Å². The number of carbonyl (C=O) groups excluding carboxylic acids is 2. The lowest BCUT2D eigenvalue weighted by atomic mass is 10.1. The Kier molecular flexibility index (Phi) is 8.08. The number of aryl methyl sites for hydroxylation is 1. The average molecular weight is 486 g/mol. The summed E-state index contributed by atoms with van der Waals surface area (Å²) in [7, 11) is 3.49. The molecule has 2 amide bonds. The predicted octanol–water partition coefficient (Wildman–Crippen LogP) is 5.00. The van der Waals surface area contributed by atoms with Crippen LogP contribution in [0.25, 0.3) is 0 Å². The van der Waals surface area contributed by atoms with Crippen LogP contribution in [0.15, 0.2) is 60.9 Å². The average Bonchev–Trinajstić information content (AvgIpc) is 2.83.